The maximum Gasteiger partial charge on any atom is 0.335 e. The van der Waals surface area contributed by atoms with Gasteiger partial charge in [0.05, 0.1) is 6.42 Å². The number of aliphatic carboxylic acids is 2. The average Bonchev–Trinajstić information content (AvgIpc) is 2.44. The number of benzene rings is 1. The molecular formula is C14H16O8. The Morgan fingerprint density at radius 2 is 1.73 bits per heavy atom. The molecule has 1 heterocycles. The third kappa shape index (κ3) is 3.25. The summed E-state index contributed by atoms with van der Waals surface area (Å²) in [6.45, 7) is 0. The molecule has 5 atom stereocenters. The smallest absolute Gasteiger partial charge is 0.335 e. The van der Waals surface area contributed by atoms with Gasteiger partial charge in [-0.1, -0.05) is 24.3 Å². The van der Waals surface area contributed by atoms with Gasteiger partial charge in [-0.05, 0) is 11.1 Å². The molecule has 0 spiro atoms. The molecule has 0 radical (unpaired) electrons. The van der Waals surface area contributed by atoms with Crippen molar-refractivity contribution in [3.8, 4) is 0 Å². The Morgan fingerprint density at radius 1 is 1.05 bits per heavy atom. The summed E-state index contributed by atoms with van der Waals surface area (Å²) in [5.41, 5.74) is 0.761. The minimum Gasteiger partial charge on any atom is -0.481 e. The van der Waals surface area contributed by atoms with Gasteiger partial charge in [0, 0.05) is 0 Å². The van der Waals surface area contributed by atoms with Crippen LogP contribution in [-0.2, 0) is 20.7 Å². The first-order valence-electron chi connectivity index (χ1n) is 6.54. The molecule has 5 unspecified atom stereocenters. The number of aliphatic hydroxyl groups excluding tert-OH is 3. The Balaban J connectivity index is 2.30. The molecule has 1 aliphatic rings. The lowest BCUT2D eigenvalue weighted by Gasteiger charge is -2.39. The van der Waals surface area contributed by atoms with Gasteiger partial charge in [-0.3, -0.25) is 4.79 Å². The quantitative estimate of drug-likeness (QED) is 0.472. The van der Waals surface area contributed by atoms with E-state index in [1.54, 1.807) is 6.07 Å². The average molecular weight is 312 g/mol. The Morgan fingerprint density at radius 3 is 2.32 bits per heavy atom. The van der Waals surface area contributed by atoms with Crippen LogP contribution in [0.1, 0.15) is 17.2 Å². The number of ether oxygens (including phenoxy) is 1. The van der Waals surface area contributed by atoms with Crippen LogP contribution in [0.5, 0.6) is 0 Å². The van der Waals surface area contributed by atoms with E-state index < -0.39 is 42.5 Å². The third-order valence-corrected chi connectivity index (χ3v) is 3.49. The van der Waals surface area contributed by atoms with Crippen molar-refractivity contribution in [1.29, 1.82) is 0 Å². The van der Waals surface area contributed by atoms with E-state index in [0.717, 1.165) is 0 Å². The Labute approximate surface area is 125 Å². The van der Waals surface area contributed by atoms with Gasteiger partial charge in [-0.25, -0.2) is 4.79 Å². The molecule has 1 aromatic carbocycles. The van der Waals surface area contributed by atoms with Crippen molar-refractivity contribution in [2.75, 3.05) is 0 Å². The molecule has 2 rings (SSSR count). The first-order chi connectivity index (χ1) is 10.3. The second-order valence-corrected chi connectivity index (χ2v) is 5.10. The fourth-order valence-electron chi connectivity index (χ4n) is 2.41. The lowest BCUT2D eigenvalue weighted by Crippen LogP contribution is -2.56. The van der Waals surface area contributed by atoms with Crippen molar-refractivity contribution in [2.45, 2.75) is 36.9 Å². The van der Waals surface area contributed by atoms with Crippen LogP contribution in [0.25, 0.3) is 0 Å². The SMILES string of the molecule is O=C(O)Cc1cccc(C2OC(C(=O)O)C(O)C(O)C2O)c1. The molecule has 8 heteroatoms. The molecule has 0 saturated carbocycles. The summed E-state index contributed by atoms with van der Waals surface area (Å²) in [5.74, 6) is -2.51. The molecular weight excluding hydrogens is 296 g/mol. The zero-order chi connectivity index (χ0) is 16.4. The van der Waals surface area contributed by atoms with E-state index in [0.29, 0.717) is 11.1 Å². The lowest BCUT2D eigenvalue weighted by molar-refractivity contribution is -0.229. The van der Waals surface area contributed by atoms with Gasteiger partial charge in [0.15, 0.2) is 6.10 Å². The van der Waals surface area contributed by atoms with E-state index in [4.69, 9.17) is 14.9 Å². The standard InChI is InChI=1S/C14H16O8/c15-8(16)5-6-2-1-3-7(4-6)12-10(18)9(17)11(19)13(22-12)14(20)21/h1-4,9-13,17-19H,5H2,(H,15,16)(H,20,21). The fraction of sp³-hybridized carbons (Fsp3) is 0.429. The Bertz CT molecular complexity index is 572. The van der Waals surface area contributed by atoms with Crippen molar-refractivity contribution in [3.63, 3.8) is 0 Å². The summed E-state index contributed by atoms with van der Waals surface area (Å²) in [6, 6.07) is 6.07. The van der Waals surface area contributed by atoms with Crippen molar-refractivity contribution in [1.82, 2.24) is 0 Å². The van der Waals surface area contributed by atoms with E-state index >= 15 is 0 Å². The zero-order valence-corrected chi connectivity index (χ0v) is 11.4. The van der Waals surface area contributed by atoms with Gasteiger partial charge >= 0.3 is 11.9 Å². The summed E-state index contributed by atoms with van der Waals surface area (Å²) in [5, 5.41) is 47.2. The first-order valence-corrected chi connectivity index (χ1v) is 6.54. The normalized spacial score (nSPS) is 31.7. The van der Waals surface area contributed by atoms with Gasteiger partial charge in [0.1, 0.15) is 24.4 Å². The molecule has 22 heavy (non-hydrogen) atoms. The minimum atomic E-state index is -1.76. The summed E-state index contributed by atoms with van der Waals surface area (Å²) >= 11 is 0. The zero-order valence-electron chi connectivity index (χ0n) is 11.4. The van der Waals surface area contributed by atoms with Crippen LogP contribution in [0.3, 0.4) is 0 Å². The van der Waals surface area contributed by atoms with Gasteiger partial charge in [-0.2, -0.15) is 0 Å². The largest absolute Gasteiger partial charge is 0.481 e. The number of aliphatic hydroxyl groups is 3. The van der Waals surface area contributed by atoms with Crippen LogP contribution >= 0.6 is 0 Å². The van der Waals surface area contributed by atoms with E-state index in [1.807, 2.05) is 0 Å². The molecule has 1 saturated heterocycles. The maximum absolute atomic E-state index is 11.1. The van der Waals surface area contributed by atoms with Crippen molar-refractivity contribution in [2.24, 2.45) is 0 Å². The van der Waals surface area contributed by atoms with Crippen molar-refractivity contribution in [3.05, 3.63) is 35.4 Å². The highest BCUT2D eigenvalue weighted by Gasteiger charge is 2.47. The maximum atomic E-state index is 11.1. The number of carbonyl (C=O) groups is 2. The van der Waals surface area contributed by atoms with E-state index in [2.05, 4.69) is 0 Å². The highest BCUT2D eigenvalue weighted by atomic mass is 16.6. The summed E-state index contributed by atoms with van der Waals surface area (Å²) in [4.78, 5) is 21.8. The fourth-order valence-corrected chi connectivity index (χ4v) is 2.41. The summed E-state index contributed by atoms with van der Waals surface area (Å²) in [6.07, 6.45) is -8.11. The second kappa shape index (κ2) is 6.41. The molecule has 1 fully saturated rings. The Hall–Kier alpha value is -2.00. The Kier molecular flexibility index (Phi) is 4.77. The number of hydrogen-bond acceptors (Lipinski definition) is 6. The van der Waals surface area contributed by atoms with Gasteiger partial charge in [0.25, 0.3) is 0 Å². The predicted octanol–water partition coefficient (Wildman–Crippen LogP) is -1.08. The van der Waals surface area contributed by atoms with Gasteiger partial charge < -0.3 is 30.3 Å². The minimum absolute atomic E-state index is 0.246. The highest BCUT2D eigenvalue weighted by molar-refractivity contribution is 5.73. The summed E-state index contributed by atoms with van der Waals surface area (Å²) in [7, 11) is 0. The van der Waals surface area contributed by atoms with Gasteiger partial charge in [-0.15, -0.1) is 0 Å². The van der Waals surface area contributed by atoms with Crippen LogP contribution < -0.4 is 0 Å². The summed E-state index contributed by atoms with van der Waals surface area (Å²) < 4.78 is 5.18. The van der Waals surface area contributed by atoms with Crippen LogP contribution in [0.2, 0.25) is 0 Å². The monoisotopic (exact) mass is 312 g/mol. The number of carboxylic acids is 2. The number of carboxylic acid groups (broad SMARTS) is 2. The first kappa shape index (κ1) is 16.4. The molecule has 1 aromatic rings. The van der Waals surface area contributed by atoms with Crippen molar-refractivity contribution < 1.29 is 39.9 Å². The molecule has 1 aliphatic heterocycles. The van der Waals surface area contributed by atoms with Gasteiger partial charge in [0.2, 0.25) is 0 Å². The van der Waals surface area contributed by atoms with E-state index in [9.17, 15) is 24.9 Å². The van der Waals surface area contributed by atoms with Crippen LogP contribution in [0.15, 0.2) is 24.3 Å². The molecule has 0 amide bonds. The predicted molar refractivity (Wildman–Crippen MR) is 71.1 cm³/mol. The van der Waals surface area contributed by atoms with E-state index in [1.165, 1.54) is 18.2 Å². The molecule has 0 bridgehead atoms. The topological polar surface area (TPSA) is 145 Å². The number of rotatable bonds is 4. The van der Waals surface area contributed by atoms with Crippen LogP contribution in [0.4, 0.5) is 0 Å². The third-order valence-electron chi connectivity index (χ3n) is 3.49. The number of hydrogen-bond donors (Lipinski definition) is 5. The van der Waals surface area contributed by atoms with Crippen molar-refractivity contribution >= 4 is 11.9 Å². The highest BCUT2D eigenvalue weighted by Crippen LogP contribution is 2.32. The molecule has 120 valence electrons. The van der Waals surface area contributed by atoms with E-state index in [-0.39, 0.29) is 6.42 Å². The van der Waals surface area contributed by atoms with Crippen LogP contribution in [0, 0.1) is 0 Å². The molecule has 5 N–H and O–H groups in total. The molecule has 0 aliphatic carbocycles. The molecule has 8 nitrogen and oxygen atoms in total. The second-order valence-electron chi connectivity index (χ2n) is 5.10. The molecule has 0 aromatic heterocycles. The van der Waals surface area contributed by atoms with Crippen LogP contribution in [-0.4, -0.2) is 61.9 Å². The lowest BCUT2D eigenvalue weighted by atomic mass is 9.90.